The van der Waals surface area contributed by atoms with Crippen molar-refractivity contribution in [3.05, 3.63) is 35.7 Å². The van der Waals surface area contributed by atoms with Gasteiger partial charge in [0.2, 0.25) is 0 Å². The van der Waals surface area contributed by atoms with E-state index in [-0.39, 0.29) is 6.42 Å². The molecule has 0 saturated carbocycles. The number of rotatable bonds is 6. The van der Waals surface area contributed by atoms with Crippen molar-refractivity contribution < 1.29 is 14.6 Å². The van der Waals surface area contributed by atoms with Gasteiger partial charge in [-0.15, -0.1) is 0 Å². The van der Waals surface area contributed by atoms with Crippen LogP contribution in [0.2, 0.25) is 0 Å². The normalized spacial score (nSPS) is 10.4. The summed E-state index contributed by atoms with van der Waals surface area (Å²) in [6.45, 7) is 2.07. The maximum Gasteiger partial charge on any atom is 0.307 e. The second-order valence-corrected chi connectivity index (χ2v) is 4.76. The van der Waals surface area contributed by atoms with Gasteiger partial charge in [0.1, 0.15) is 11.6 Å². The molecule has 0 spiro atoms. The first kappa shape index (κ1) is 13.5. The smallest absolute Gasteiger partial charge is 0.307 e. The highest BCUT2D eigenvalue weighted by Crippen LogP contribution is 2.24. The molecule has 0 saturated heterocycles. The van der Waals surface area contributed by atoms with Crippen LogP contribution in [0, 0.1) is 0 Å². The first-order valence-electron chi connectivity index (χ1n) is 5.98. The molecule has 0 radical (unpaired) electrons. The monoisotopic (exact) mass is 278 g/mol. The lowest BCUT2D eigenvalue weighted by atomic mass is 10.1. The lowest BCUT2D eigenvalue weighted by Gasteiger charge is -2.03. The van der Waals surface area contributed by atoms with Gasteiger partial charge < -0.3 is 9.84 Å². The van der Waals surface area contributed by atoms with Gasteiger partial charge in [-0.05, 0) is 24.1 Å². The van der Waals surface area contributed by atoms with Crippen LogP contribution in [-0.2, 0) is 17.6 Å². The molecule has 0 amide bonds. The zero-order valence-electron chi connectivity index (χ0n) is 10.5. The number of benzene rings is 1. The van der Waals surface area contributed by atoms with E-state index < -0.39 is 5.97 Å². The third-order valence-corrected chi connectivity index (χ3v) is 3.01. The molecular weight excluding hydrogens is 264 g/mol. The quantitative estimate of drug-likeness (QED) is 0.879. The third-order valence-electron chi connectivity index (χ3n) is 2.38. The summed E-state index contributed by atoms with van der Waals surface area (Å²) in [5.74, 6) is 0.500. The van der Waals surface area contributed by atoms with E-state index in [9.17, 15) is 4.79 Å². The van der Waals surface area contributed by atoms with Crippen LogP contribution in [0.4, 0.5) is 0 Å². The largest absolute Gasteiger partial charge is 0.481 e. The van der Waals surface area contributed by atoms with E-state index in [4.69, 9.17) is 9.84 Å². The van der Waals surface area contributed by atoms with E-state index in [1.807, 2.05) is 0 Å². The predicted octanol–water partition coefficient (Wildman–Crippen LogP) is 2.91. The standard InChI is InChI=1S/C13H14N2O3S/c1-2-4-11-14-13(19-15-11)18-10-6-3-5-9(7-10)8-12(16)17/h3,5-7H,2,4,8H2,1H3,(H,16,17). The molecule has 0 aliphatic carbocycles. The highest BCUT2D eigenvalue weighted by Gasteiger charge is 2.07. The molecule has 5 nitrogen and oxygen atoms in total. The molecule has 100 valence electrons. The number of nitrogens with zero attached hydrogens (tertiary/aromatic N) is 2. The molecule has 2 aromatic rings. The van der Waals surface area contributed by atoms with Gasteiger partial charge in [-0.2, -0.15) is 9.36 Å². The van der Waals surface area contributed by atoms with Crippen molar-refractivity contribution >= 4 is 17.5 Å². The molecule has 1 N–H and O–H groups in total. The summed E-state index contributed by atoms with van der Waals surface area (Å²) in [5, 5.41) is 9.23. The van der Waals surface area contributed by atoms with E-state index in [1.54, 1.807) is 24.3 Å². The van der Waals surface area contributed by atoms with E-state index in [2.05, 4.69) is 16.3 Å². The average molecular weight is 278 g/mol. The molecule has 0 fully saturated rings. The first-order chi connectivity index (χ1) is 9.17. The van der Waals surface area contributed by atoms with Crippen molar-refractivity contribution in [2.45, 2.75) is 26.2 Å². The summed E-state index contributed by atoms with van der Waals surface area (Å²) in [4.78, 5) is 14.9. The Balaban J connectivity index is 2.07. The van der Waals surface area contributed by atoms with Crippen LogP contribution in [0.1, 0.15) is 24.7 Å². The van der Waals surface area contributed by atoms with Crippen molar-refractivity contribution in [2.24, 2.45) is 0 Å². The Morgan fingerprint density at radius 1 is 1.47 bits per heavy atom. The first-order valence-corrected chi connectivity index (χ1v) is 6.76. The number of ether oxygens (including phenoxy) is 1. The van der Waals surface area contributed by atoms with Crippen LogP contribution in [0.15, 0.2) is 24.3 Å². The molecule has 2 rings (SSSR count). The number of aromatic nitrogens is 2. The third kappa shape index (κ3) is 4.03. The fraction of sp³-hybridized carbons (Fsp3) is 0.308. The average Bonchev–Trinajstić information content (AvgIpc) is 2.76. The number of carboxylic acids is 1. The van der Waals surface area contributed by atoms with Crippen LogP contribution >= 0.6 is 11.5 Å². The highest BCUT2D eigenvalue weighted by molar-refractivity contribution is 7.07. The minimum absolute atomic E-state index is 0.0194. The van der Waals surface area contributed by atoms with E-state index in [0.29, 0.717) is 16.5 Å². The predicted molar refractivity (Wildman–Crippen MR) is 71.8 cm³/mol. The Labute approximate surface area is 115 Å². The van der Waals surface area contributed by atoms with Crippen molar-refractivity contribution in [2.75, 3.05) is 0 Å². The molecule has 0 aliphatic rings. The number of hydrogen-bond donors (Lipinski definition) is 1. The van der Waals surface area contributed by atoms with Gasteiger partial charge in [-0.3, -0.25) is 4.79 Å². The lowest BCUT2D eigenvalue weighted by molar-refractivity contribution is -0.136. The van der Waals surface area contributed by atoms with Gasteiger partial charge >= 0.3 is 5.97 Å². The fourth-order valence-electron chi connectivity index (χ4n) is 1.60. The summed E-state index contributed by atoms with van der Waals surface area (Å²) in [5.41, 5.74) is 0.697. The summed E-state index contributed by atoms with van der Waals surface area (Å²) in [6.07, 6.45) is 1.80. The number of aryl methyl sites for hydroxylation is 1. The van der Waals surface area contributed by atoms with Gasteiger partial charge in [0.05, 0.1) is 6.42 Å². The minimum Gasteiger partial charge on any atom is -0.481 e. The molecule has 1 aromatic heterocycles. The number of aliphatic carboxylic acids is 1. The van der Waals surface area contributed by atoms with Crippen LogP contribution in [0.5, 0.6) is 10.9 Å². The Hall–Kier alpha value is -1.95. The maximum absolute atomic E-state index is 10.7. The molecule has 0 atom stereocenters. The van der Waals surface area contributed by atoms with Crippen LogP contribution < -0.4 is 4.74 Å². The van der Waals surface area contributed by atoms with E-state index >= 15 is 0 Å². The van der Waals surface area contributed by atoms with Crippen molar-refractivity contribution in [1.29, 1.82) is 0 Å². The summed E-state index contributed by atoms with van der Waals surface area (Å²) >= 11 is 1.20. The van der Waals surface area contributed by atoms with Gasteiger partial charge in [0.25, 0.3) is 5.19 Å². The molecule has 0 bridgehead atoms. The SMILES string of the molecule is CCCc1nsc(Oc2cccc(CC(=O)O)c2)n1. The molecule has 0 unspecified atom stereocenters. The van der Waals surface area contributed by atoms with Gasteiger partial charge in [0, 0.05) is 18.0 Å². The maximum atomic E-state index is 10.7. The summed E-state index contributed by atoms with van der Waals surface area (Å²) in [6, 6.07) is 6.99. The molecule has 1 aromatic carbocycles. The van der Waals surface area contributed by atoms with Gasteiger partial charge in [-0.25, -0.2) is 0 Å². The van der Waals surface area contributed by atoms with E-state index in [1.165, 1.54) is 11.5 Å². The van der Waals surface area contributed by atoms with Gasteiger partial charge in [0.15, 0.2) is 0 Å². The zero-order chi connectivity index (χ0) is 13.7. The number of carbonyl (C=O) groups is 1. The second kappa shape index (κ2) is 6.29. The van der Waals surface area contributed by atoms with Crippen LogP contribution in [-0.4, -0.2) is 20.4 Å². The number of hydrogen-bond acceptors (Lipinski definition) is 5. The Kier molecular flexibility index (Phi) is 4.46. The number of carboxylic acid groups (broad SMARTS) is 1. The molecular formula is C13H14N2O3S. The molecule has 6 heteroatoms. The highest BCUT2D eigenvalue weighted by atomic mass is 32.1. The van der Waals surface area contributed by atoms with E-state index in [0.717, 1.165) is 18.7 Å². The van der Waals surface area contributed by atoms with Crippen molar-refractivity contribution in [1.82, 2.24) is 9.36 Å². The van der Waals surface area contributed by atoms with Gasteiger partial charge in [-0.1, -0.05) is 19.1 Å². The van der Waals surface area contributed by atoms with Crippen LogP contribution in [0.3, 0.4) is 0 Å². The van der Waals surface area contributed by atoms with Crippen molar-refractivity contribution in [3.63, 3.8) is 0 Å². The Bertz CT molecular complexity index is 569. The molecule has 0 aliphatic heterocycles. The second-order valence-electron chi connectivity index (χ2n) is 4.05. The fourth-order valence-corrected chi connectivity index (χ4v) is 2.19. The topological polar surface area (TPSA) is 72.3 Å². The Morgan fingerprint density at radius 3 is 3.05 bits per heavy atom. The summed E-state index contributed by atoms with van der Waals surface area (Å²) in [7, 11) is 0. The van der Waals surface area contributed by atoms with Crippen molar-refractivity contribution in [3.8, 4) is 10.9 Å². The molecule has 19 heavy (non-hydrogen) atoms. The Morgan fingerprint density at radius 2 is 2.32 bits per heavy atom. The molecule has 1 heterocycles. The minimum atomic E-state index is -0.863. The van der Waals surface area contributed by atoms with Crippen LogP contribution in [0.25, 0.3) is 0 Å². The summed E-state index contributed by atoms with van der Waals surface area (Å²) < 4.78 is 9.76. The zero-order valence-corrected chi connectivity index (χ0v) is 11.3. The lowest BCUT2D eigenvalue weighted by Crippen LogP contribution is -1.99.